The predicted molar refractivity (Wildman–Crippen MR) is 79.5 cm³/mol. The Bertz CT molecular complexity index is 846. The molecule has 0 aliphatic carbocycles. The fraction of sp³-hybridized carbons (Fsp3) is 0.286. The molecule has 0 amide bonds. The number of carboxylic acid groups (broad SMARTS) is 1. The molecule has 0 saturated carbocycles. The van der Waals surface area contributed by atoms with Crippen LogP contribution in [0.25, 0.3) is 0 Å². The summed E-state index contributed by atoms with van der Waals surface area (Å²) in [5, 5.41) is 9.53. The van der Waals surface area contributed by atoms with E-state index in [1.54, 1.807) is 22.9 Å². The van der Waals surface area contributed by atoms with Crippen LogP contribution in [0.15, 0.2) is 41.7 Å². The quantitative estimate of drug-likeness (QED) is 0.882. The van der Waals surface area contributed by atoms with Crippen LogP contribution in [-0.2, 0) is 21.4 Å². The minimum absolute atomic E-state index is 0.0676. The minimum atomic E-state index is -4.01. The number of ether oxygens (including phenoxy) is 1. The first-order valence-electron chi connectivity index (χ1n) is 6.84. The molecule has 23 heavy (non-hydrogen) atoms. The fourth-order valence-corrected chi connectivity index (χ4v) is 4.19. The monoisotopic (exact) mass is 337 g/mol. The minimum Gasteiger partial charge on any atom is -0.495 e. The highest BCUT2D eigenvalue weighted by molar-refractivity contribution is 7.89. The van der Waals surface area contributed by atoms with Gasteiger partial charge in [0.2, 0.25) is 10.0 Å². The molecule has 1 aliphatic rings. The number of rotatable bonds is 4. The number of methoxy groups -OCH3 is 1. The van der Waals surface area contributed by atoms with E-state index in [1.165, 1.54) is 25.6 Å². The molecule has 3 heterocycles. The summed E-state index contributed by atoms with van der Waals surface area (Å²) in [6, 6.07) is 3.38. The van der Waals surface area contributed by atoms with Gasteiger partial charge in [0.15, 0.2) is 6.04 Å². The smallest absolute Gasteiger partial charge is 0.328 e. The molecular formula is C14H15N3O5S. The van der Waals surface area contributed by atoms with E-state index in [0.717, 1.165) is 4.31 Å². The van der Waals surface area contributed by atoms with Crippen LogP contribution >= 0.6 is 0 Å². The molecule has 8 nitrogen and oxygen atoms in total. The van der Waals surface area contributed by atoms with Crippen molar-refractivity contribution in [3.63, 3.8) is 0 Å². The molecule has 1 N–H and O–H groups in total. The third-order valence-electron chi connectivity index (χ3n) is 3.76. The van der Waals surface area contributed by atoms with E-state index in [4.69, 9.17) is 4.74 Å². The molecule has 1 aliphatic heterocycles. The van der Waals surface area contributed by atoms with Crippen molar-refractivity contribution < 1.29 is 23.1 Å². The first kappa shape index (κ1) is 15.5. The third-order valence-corrected chi connectivity index (χ3v) is 5.59. The van der Waals surface area contributed by atoms with Crippen LogP contribution in [0.4, 0.5) is 0 Å². The molecule has 0 saturated heterocycles. The van der Waals surface area contributed by atoms with Crippen molar-refractivity contribution in [2.75, 3.05) is 13.7 Å². The molecule has 2 aromatic rings. The Morgan fingerprint density at radius 1 is 1.39 bits per heavy atom. The molecule has 0 fully saturated rings. The van der Waals surface area contributed by atoms with Gasteiger partial charge in [-0.3, -0.25) is 9.78 Å². The summed E-state index contributed by atoms with van der Waals surface area (Å²) >= 11 is 0. The number of pyridine rings is 1. The maximum absolute atomic E-state index is 12.9. The summed E-state index contributed by atoms with van der Waals surface area (Å²) in [4.78, 5) is 15.4. The van der Waals surface area contributed by atoms with Crippen LogP contribution in [0.1, 0.15) is 11.7 Å². The zero-order valence-electron chi connectivity index (χ0n) is 12.3. The van der Waals surface area contributed by atoms with Crippen molar-refractivity contribution in [1.29, 1.82) is 0 Å². The lowest BCUT2D eigenvalue weighted by molar-refractivity contribution is -0.142. The zero-order valence-corrected chi connectivity index (χ0v) is 13.1. The second kappa shape index (κ2) is 5.67. The first-order valence-corrected chi connectivity index (χ1v) is 8.28. The largest absolute Gasteiger partial charge is 0.495 e. The highest BCUT2D eigenvalue weighted by Crippen LogP contribution is 2.32. The molecular weight excluding hydrogens is 322 g/mol. The standard InChI is InChI=1S/C14H15N3O5S/c1-22-10-7-11(9-15-8-10)23(20,21)17-6-5-16-4-2-3-12(16)13(17)14(18)19/h2-4,7-9,13H,5-6H2,1H3,(H,18,19). The lowest BCUT2D eigenvalue weighted by atomic mass is 10.2. The predicted octanol–water partition coefficient (Wildman–Crippen LogP) is 0.722. The summed E-state index contributed by atoms with van der Waals surface area (Å²) in [6.07, 6.45) is 4.31. The molecule has 2 aromatic heterocycles. The first-order chi connectivity index (χ1) is 10.9. The van der Waals surface area contributed by atoms with E-state index in [9.17, 15) is 18.3 Å². The Labute approximate surface area is 133 Å². The molecule has 0 bridgehead atoms. The number of fused-ring (bicyclic) bond motifs is 1. The molecule has 122 valence electrons. The summed E-state index contributed by atoms with van der Waals surface area (Å²) in [6.45, 7) is 0.459. The number of sulfonamides is 1. The van der Waals surface area contributed by atoms with Crippen LogP contribution in [0.3, 0.4) is 0 Å². The molecule has 0 spiro atoms. The Morgan fingerprint density at radius 2 is 2.17 bits per heavy atom. The highest BCUT2D eigenvalue weighted by atomic mass is 32.2. The van der Waals surface area contributed by atoms with Gasteiger partial charge in [0.05, 0.1) is 13.3 Å². The van der Waals surface area contributed by atoms with Crippen molar-refractivity contribution in [1.82, 2.24) is 13.9 Å². The van der Waals surface area contributed by atoms with Gasteiger partial charge >= 0.3 is 5.97 Å². The van der Waals surface area contributed by atoms with Gasteiger partial charge in [-0.15, -0.1) is 0 Å². The van der Waals surface area contributed by atoms with Crippen molar-refractivity contribution in [3.05, 3.63) is 42.5 Å². The normalized spacial score (nSPS) is 18.4. The van der Waals surface area contributed by atoms with Crippen LogP contribution in [-0.4, -0.2) is 47.0 Å². The van der Waals surface area contributed by atoms with Gasteiger partial charge in [0.1, 0.15) is 10.6 Å². The van der Waals surface area contributed by atoms with Gasteiger partial charge in [-0.05, 0) is 12.1 Å². The number of aliphatic carboxylic acids is 1. The number of carbonyl (C=O) groups is 1. The summed E-state index contributed by atoms with van der Waals surface area (Å²) in [5.74, 6) is -0.928. The summed E-state index contributed by atoms with van der Waals surface area (Å²) in [5.41, 5.74) is 0.434. The average Bonchev–Trinajstić information content (AvgIpc) is 3.02. The van der Waals surface area contributed by atoms with Crippen molar-refractivity contribution in [2.45, 2.75) is 17.5 Å². The second-order valence-corrected chi connectivity index (χ2v) is 6.93. The van der Waals surface area contributed by atoms with Crippen LogP contribution < -0.4 is 4.74 Å². The Morgan fingerprint density at radius 3 is 2.87 bits per heavy atom. The van der Waals surface area contributed by atoms with E-state index in [2.05, 4.69) is 4.98 Å². The van der Waals surface area contributed by atoms with Gasteiger partial charge < -0.3 is 14.4 Å². The maximum atomic E-state index is 12.9. The maximum Gasteiger partial charge on any atom is 0.328 e. The lowest BCUT2D eigenvalue weighted by Crippen LogP contribution is -2.45. The van der Waals surface area contributed by atoms with E-state index >= 15 is 0 Å². The number of aromatic nitrogens is 2. The topological polar surface area (TPSA) is 102 Å². The third kappa shape index (κ3) is 2.57. The number of hydrogen-bond donors (Lipinski definition) is 1. The molecule has 9 heteroatoms. The Kier molecular flexibility index (Phi) is 3.82. The number of carboxylic acids is 1. The van der Waals surface area contributed by atoms with Crippen molar-refractivity contribution in [2.24, 2.45) is 0 Å². The van der Waals surface area contributed by atoms with Crippen LogP contribution in [0.2, 0.25) is 0 Å². The van der Waals surface area contributed by atoms with E-state index in [0.29, 0.717) is 18.0 Å². The average molecular weight is 337 g/mol. The SMILES string of the molecule is COc1cncc(S(=O)(=O)N2CCn3cccc3C2C(=O)O)c1. The van der Waals surface area contributed by atoms with Crippen LogP contribution in [0.5, 0.6) is 5.75 Å². The fourth-order valence-electron chi connectivity index (χ4n) is 2.66. The molecule has 1 atom stereocenters. The van der Waals surface area contributed by atoms with E-state index in [1.807, 2.05) is 0 Å². The van der Waals surface area contributed by atoms with Crippen molar-refractivity contribution in [3.8, 4) is 5.75 Å². The van der Waals surface area contributed by atoms with E-state index in [-0.39, 0.29) is 11.4 Å². The summed E-state index contributed by atoms with van der Waals surface area (Å²) in [7, 11) is -2.61. The van der Waals surface area contributed by atoms with Gasteiger partial charge in [0.25, 0.3) is 0 Å². The second-order valence-electron chi connectivity index (χ2n) is 5.04. The zero-order chi connectivity index (χ0) is 16.6. The Balaban J connectivity index is 2.07. The lowest BCUT2D eigenvalue weighted by Gasteiger charge is -2.33. The van der Waals surface area contributed by atoms with Crippen LogP contribution in [0, 0.1) is 0 Å². The molecule has 3 rings (SSSR count). The Hall–Kier alpha value is -2.39. The van der Waals surface area contributed by atoms with Gasteiger partial charge in [-0.25, -0.2) is 8.42 Å². The molecule has 1 unspecified atom stereocenters. The van der Waals surface area contributed by atoms with Gasteiger partial charge in [-0.2, -0.15) is 4.31 Å². The van der Waals surface area contributed by atoms with Gasteiger partial charge in [-0.1, -0.05) is 0 Å². The number of nitrogens with zero attached hydrogens (tertiary/aromatic N) is 3. The van der Waals surface area contributed by atoms with Gasteiger partial charge in [0, 0.05) is 37.2 Å². The van der Waals surface area contributed by atoms with E-state index < -0.39 is 22.0 Å². The molecule has 0 aromatic carbocycles. The summed E-state index contributed by atoms with van der Waals surface area (Å²) < 4.78 is 33.4. The molecule has 0 radical (unpaired) electrons. The highest BCUT2D eigenvalue weighted by Gasteiger charge is 2.41. The number of hydrogen-bond acceptors (Lipinski definition) is 5. The van der Waals surface area contributed by atoms with Crippen molar-refractivity contribution >= 4 is 16.0 Å².